The monoisotopic (exact) mass is 272 g/mol. The van der Waals surface area contributed by atoms with Gasteiger partial charge in [0.25, 0.3) is 0 Å². The third kappa shape index (κ3) is 2.73. The summed E-state index contributed by atoms with van der Waals surface area (Å²) in [5, 5.41) is 4.00. The first-order valence-corrected chi connectivity index (χ1v) is 7.64. The van der Waals surface area contributed by atoms with Crippen LogP contribution in [0.5, 0.6) is 0 Å². The molecule has 6 nitrogen and oxygen atoms in total. The summed E-state index contributed by atoms with van der Waals surface area (Å²) in [4.78, 5) is 2.37. The Balaban J connectivity index is 2.12. The third-order valence-electron chi connectivity index (χ3n) is 3.35. The molecule has 2 atom stereocenters. The van der Waals surface area contributed by atoms with Crippen LogP contribution in [0.4, 0.5) is 0 Å². The molecule has 0 aromatic carbocycles. The molecule has 0 bridgehead atoms. The number of sulfonamides is 1. The van der Waals surface area contributed by atoms with E-state index < -0.39 is 10.0 Å². The Kier molecular flexibility index (Phi) is 3.74. The number of hydrogen-bond acceptors (Lipinski definition) is 4. The van der Waals surface area contributed by atoms with Crippen LogP contribution in [0.1, 0.15) is 13.8 Å². The molecule has 0 unspecified atom stereocenters. The maximum atomic E-state index is 12.2. The second-order valence-electron chi connectivity index (χ2n) is 4.96. The van der Waals surface area contributed by atoms with Crippen LogP contribution >= 0.6 is 0 Å². The molecule has 18 heavy (non-hydrogen) atoms. The SMILES string of the molecule is CCn1cc(S(=O)(=O)N[C@H]2CN(C)C[C@H]2C)cn1. The predicted octanol–water partition coefficient (Wildman–Crippen LogP) is 0.131. The fraction of sp³-hybridized carbons (Fsp3) is 0.727. The lowest BCUT2D eigenvalue weighted by Crippen LogP contribution is -2.39. The van der Waals surface area contributed by atoms with E-state index in [1.54, 1.807) is 10.9 Å². The average molecular weight is 272 g/mol. The molecule has 2 rings (SSSR count). The van der Waals surface area contributed by atoms with Crippen molar-refractivity contribution in [3.63, 3.8) is 0 Å². The Morgan fingerprint density at radius 1 is 1.50 bits per heavy atom. The summed E-state index contributed by atoms with van der Waals surface area (Å²) >= 11 is 0. The topological polar surface area (TPSA) is 67.2 Å². The van der Waals surface area contributed by atoms with Crippen LogP contribution in [-0.2, 0) is 16.6 Å². The minimum absolute atomic E-state index is 0.0232. The van der Waals surface area contributed by atoms with Gasteiger partial charge >= 0.3 is 0 Å². The van der Waals surface area contributed by atoms with E-state index >= 15 is 0 Å². The average Bonchev–Trinajstić information content (AvgIpc) is 2.86. The second kappa shape index (κ2) is 4.99. The first-order valence-electron chi connectivity index (χ1n) is 6.15. The van der Waals surface area contributed by atoms with Gasteiger partial charge in [0.15, 0.2) is 0 Å². The van der Waals surface area contributed by atoms with Gasteiger partial charge in [-0.3, -0.25) is 4.68 Å². The van der Waals surface area contributed by atoms with Gasteiger partial charge in [-0.05, 0) is 19.9 Å². The smallest absolute Gasteiger partial charge is 0.243 e. The van der Waals surface area contributed by atoms with Crippen LogP contribution in [0, 0.1) is 5.92 Å². The standard InChI is InChI=1S/C11H20N4O2S/c1-4-15-7-10(5-12-15)18(16,17)13-11-8-14(3)6-9(11)2/h5,7,9,11,13H,4,6,8H2,1-3H3/t9-,11+/m1/s1. The first-order chi connectivity index (χ1) is 8.42. The molecule has 1 aromatic rings. The highest BCUT2D eigenvalue weighted by Gasteiger charge is 2.31. The maximum absolute atomic E-state index is 12.2. The van der Waals surface area contributed by atoms with Crippen LogP contribution in [0.25, 0.3) is 0 Å². The van der Waals surface area contributed by atoms with E-state index in [1.165, 1.54) is 6.20 Å². The predicted molar refractivity (Wildman–Crippen MR) is 68.7 cm³/mol. The summed E-state index contributed by atoms with van der Waals surface area (Å²) in [5.41, 5.74) is 0. The van der Waals surface area contributed by atoms with E-state index in [9.17, 15) is 8.42 Å². The zero-order valence-electron chi connectivity index (χ0n) is 11.0. The van der Waals surface area contributed by atoms with E-state index in [2.05, 4.69) is 21.6 Å². The van der Waals surface area contributed by atoms with Crippen molar-refractivity contribution in [1.82, 2.24) is 19.4 Å². The minimum atomic E-state index is -3.45. The van der Waals surface area contributed by atoms with E-state index in [0.29, 0.717) is 12.5 Å². The first kappa shape index (κ1) is 13.5. The third-order valence-corrected chi connectivity index (χ3v) is 4.79. The molecule has 1 fully saturated rings. The number of nitrogens with zero attached hydrogens (tertiary/aromatic N) is 3. The second-order valence-corrected chi connectivity index (χ2v) is 6.67. The van der Waals surface area contributed by atoms with Gasteiger partial charge in [-0.15, -0.1) is 0 Å². The molecule has 1 saturated heterocycles. The summed E-state index contributed by atoms with van der Waals surface area (Å²) < 4.78 is 28.7. The van der Waals surface area contributed by atoms with Crippen molar-refractivity contribution in [2.75, 3.05) is 20.1 Å². The molecule has 0 spiro atoms. The van der Waals surface area contributed by atoms with E-state index in [1.807, 2.05) is 14.0 Å². The van der Waals surface area contributed by atoms with Gasteiger partial charge in [-0.1, -0.05) is 6.92 Å². The number of likely N-dealkylation sites (N-methyl/N-ethyl adjacent to an activating group) is 1. The fourth-order valence-electron chi connectivity index (χ4n) is 2.29. The highest BCUT2D eigenvalue weighted by molar-refractivity contribution is 7.89. The molecule has 1 aromatic heterocycles. The van der Waals surface area contributed by atoms with Crippen molar-refractivity contribution >= 4 is 10.0 Å². The quantitative estimate of drug-likeness (QED) is 0.846. The summed E-state index contributed by atoms with van der Waals surface area (Å²) in [5.74, 6) is 0.325. The van der Waals surface area contributed by atoms with Crippen LogP contribution in [0.2, 0.25) is 0 Å². The number of rotatable bonds is 4. The zero-order chi connectivity index (χ0) is 13.3. The fourth-order valence-corrected chi connectivity index (χ4v) is 3.57. The molecule has 0 saturated carbocycles. The van der Waals surface area contributed by atoms with Crippen molar-refractivity contribution in [1.29, 1.82) is 0 Å². The van der Waals surface area contributed by atoms with Crippen LogP contribution in [-0.4, -0.2) is 49.3 Å². The zero-order valence-corrected chi connectivity index (χ0v) is 11.8. The van der Waals surface area contributed by atoms with Gasteiger partial charge in [0.2, 0.25) is 10.0 Å². The molecule has 7 heteroatoms. The molecule has 0 radical (unpaired) electrons. The Morgan fingerprint density at radius 3 is 2.72 bits per heavy atom. The van der Waals surface area contributed by atoms with Gasteiger partial charge in [-0.25, -0.2) is 13.1 Å². The normalized spacial score (nSPS) is 25.7. The molecule has 102 valence electrons. The summed E-state index contributed by atoms with van der Waals surface area (Å²) in [6.07, 6.45) is 2.96. The van der Waals surface area contributed by atoms with Crippen molar-refractivity contribution in [3.8, 4) is 0 Å². The summed E-state index contributed by atoms with van der Waals surface area (Å²) in [6.45, 7) is 6.32. The molecular weight excluding hydrogens is 252 g/mol. The van der Waals surface area contributed by atoms with Gasteiger partial charge in [0.05, 0.1) is 6.20 Å². The molecule has 1 aliphatic heterocycles. The molecular formula is C11H20N4O2S. The number of nitrogens with one attached hydrogen (secondary N) is 1. The molecule has 1 N–H and O–H groups in total. The molecule has 0 aliphatic carbocycles. The lowest BCUT2D eigenvalue weighted by molar-refractivity contribution is 0.400. The lowest BCUT2D eigenvalue weighted by atomic mass is 10.1. The van der Waals surface area contributed by atoms with Crippen molar-refractivity contribution in [3.05, 3.63) is 12.4 Å². The van der Waals surface area contributed by atoms with E-state index in [0.717, 1.165) is 13.1 Å². The molecule has 2 heterocycles. The van der Waals surface area contributed by atoms with Gasteiger partial charge < -0.3 is 4.90 Å². The summed E-state index contributed by atoms with van der Waals surface area (Å²) in [7, 11) is -1.45. The number of aromatic nitrogens is 2. The highest BCUT2D eigenvalue weighted by atomic mass is 32.2. The Hall–Kier alpha value is -0.920. The van der Waals surface area contributed by atoms with Crippen LogP contribution in [0.15, 0.2) is 17.3 Å². The van der Waals surface area contributed by atoms with Gasteiger partial charge in [0, 0.05) is 31.9 Å². The number of hydrogen-bond donors (Lipinski definition) is 1. The lowest BCUT2D eigenvalue weighted by Gasteiger charge is -2.15. The van der Waals surface area contributed by atoms with E-state index in [4.69, 9.17) is 0 Å². The van der Waals surface area contributed by atoms with Crippen LogP contribution < -0.4 is 4.72 Å². The van der Waals surface area contributed by atoms with Crippen LogP contribution in [0.3, 0.4) is 0 Å². The minimum Gasteiger partial charge on any atom is -0.304 e. The number of aryl methyl sites for hydroxylation is 1. The highest BCUT2D eigenvalue weighted by Crippen LogP contribution is 2.17. The Morgan fingerprint density at radius 2 is 2.22 bits per heavy atom. The van der Waals surface area contributed by atoms with E-state index in [-0.39, 0.29) is 10.9 Å². The van der Waals surface area contributed by atoms with Crippen molar-refractivity contribution in [2.24, 2.45) is 5.92 Å². The number of likely N-dealkylation sites (tertiary alicyclic amines) is 1. The largest absolute Gasteiger partial charge is 0.304 e. The Labute approximate surface area is 108 Å². The van der Waals surface area contributed by atoms with Crippen molar-refractivity contribution < 1.29 is 8.42 Å². The van der Waals surface area contributed by atoms with Gasteiger partial charge in [0.1, 0.15) is 4.90 Å². The molecule has 0 amide bonds. The Bertz CT molecular complexity index is 511. The van der Waals surface area contributed by atoms with Gasteiger partial charge in [-0.2, -0.15) is 5.10 Å². The van der Waals surface area contributed by atoms with Crippen molar-refractivity contribution in [2.45, 2.75) is 31.3 Å². The molecule has 1 aliphatic rings. The summed E-state index contributed by atoms with van der Waals surface area (Å²) in [6, 6.07) is -0.0232. The maximum Gasteiger partial charge on any atom is 0.243 e.